The van der Waals surface area contributed by atoms with Crippen molar-refractivity contribution in [3.05, 3.63) is 0 Å². The van der Waals surface area contributed by atoms with Gasteiger partial charge < -0.3 is 5.32 Å². The van der Waals surface area contributed by atoms with Crippen molar-refractivity contribution < 1.29 is 8.78 Å². The van der Waals surface area contributed by atoms with Crippen molar-refractivity contribution in [2.45, 2.75) is 5.76 Å². The van der Waals surface area contributed by atoms with Crippen LogP contribution in [0.15, 0.2) is 0 Å². The molecule has 0 bridgehead atoms. The third kappa shape index (κ3) is 6.17. The van der Waals surface area contributed by atoms with E-state index in [0.29, 0.717) is 24.1 Å². The second-order valence-electron chi connectivity index (χ2n) is 1.23. The van der Waals surface area contributed by atoms with Crippen molar-refractivity contribution in [1.29, 1.82) is 0 Å². The molecule has 0 fully saturated rings. The van der Waals surface area contributed by atoms with Crippen LogP contribution in [0.5, 0.6) is 0 Å². The zero-order chi connectivity index (χ0) is 6.41. The highest BCUT2D eigenvalue weighted by Crippen LogP contribution is 2.11. The van der Waals surface area contributed by atoms with Crippen LogP contribution in [0, 0.1) is 0 Å². The van der Waals surface area contributed by atoms with E-state index in [1.165, 1.54) is 0 Å². The highest BCUT2D eigenvalue weighted by molar-refractivity contribution is 7.99. The molecule has 0 aliphatic heterocycles. The largest absolute Gasteiger partial charge is 0.319 e. The van der Waals surface area contributed by atoms with Crippen LogP contribution in [0.25, 0.3) is 0 Å². The summed E-state index contributed by atoms with van der Waals surface area (Å²) in [4.78, 5) is 0. The fraction of sp³-hybridized carbons (Fsp3) is 1.00. The molecular weight excluding hydrogens is 132 g/mol. The second-order valence-corrected chi connectivity index (χ2v) is 2.33. The number of halogens is 2. The molecule has 0 atom stereocenters. The zero-order valence-electron chi connectivity index (χ0n) is 4.66. The van der Waals surface area contributed by atoms with E-state index >= 15 is 0 Å². The van der Waals surface area contributed by atoms with Crippen molar-refractivity contribution in [1.82, 2.24) is 5.32 Å². The molecule has 0 rings (SSSR count). The van der Waals surface area contributed by atoms with Crippen molar-refractivity contribution in [3.8, 4) is 0 Å². The molecule has 0 spiro atoms. The minimum atomic E-state index is -2.22. The quantitative estimate of drug-likeness (QED) is 0.590. The SMILES string of the molecule is CNCCSC(F)F. The van der Waals surface area contributed by atoms with Crippen molar-refractivity contribution in [2.24, 2.45) is 0 Å². The molecule has 8 heavy (non-hydrogen) atoms. The van der Waals surface area contributed by atoms with Crippen molar-refractivity contribution >= 4 is 11.8 Å². The smallest absolute Gasteiger partial charge is 0.284 e. The molecule has 1 N–H and O–H groups in total. The highest BCUT2D eigenvalue weighted by atomic mass is 32.2. The van der Waals surface area contributed by atoms with Gasteiger partial charge in [-0.1, -0.05) is 11.8 Å². The summed E-state index contributed by atoms with van der Waals surface area (Å²) in [6, 6.07) is 0. The first-order valence-electron chi connectivity index (χ1n) is 2.31. The predicted octanol–water partition coefficient (Wildman–Crippen LogP) is 1.16. The van der Waals surface area contributed by atoms with E-state index in [2.05, 4.69) is 5.32 Å². The van der Waals surface area contributed by atoms with E-state index in [0.717, 1.165) is 0 Å². The summed E-state index contributed by atoms with van der Waals surface area (Å²) in [7, 11) is 1.74. The minimum absolute atomic E-state index is 0.480. The van der Waals surface area contributed by atoms with E-state index in [1.807, 2.05) is 0 Å². The summed E-state index contributed by atoms with van der Waals surface area (Å²) in [5.41, 5.74) is 0. The number of nitrogens with one attached hydrogen (secondary N) is 1. The lowest BCUT2D eigenvalue weighted by Gasteiger charge is -1.96. The van der Waals surface area contributed by atoms with Gasteiger partial charge in [0, 0.05) is 12.3 Å². The topological polar surface area (TPSA) is 12.0 Å². The molecule has 0 heterocycles. The van der Waals surface area contributed by atoms with Gasteiger partial charge in [0.15, 0.2) is 0 Å². The third-order valence-corrected chi connectivity index (χ3v) is 1.29. The number of alkyl halides is 2. The van der Waals surface area contributed by atoms with Crippen LogP contribution in [-0.4, -0.2) is 25.1 Å². The Kier molecular flexibility index (Phi) is 5.42. The molecule has 0 aliphatic rings. The lowest BCUT2D eigenvalue weighted by atomic mass is 10.8. The number of thioether (sulfide) groups is 1. The van der Waals surface area contributed by atoms with Gasteiger partial charge in [-0.3, -0.25) is 0 Å². The lowest BCUT2D eigenvalue weighted by Crippen LogP contribution is -2.10. The second kappa shape index (κ2) is 5.31. The Labute approximate surface area is 51.8 Å². The normalized spacial score (nSPS) is 10.5. The van der Waals surface area contributed by atoms with Crippen LogP contribution in [0.1, 0.15) is 0 Å². The molecule has 0 unspecified atom stereocenters. The Hall–Kier alpha value is 0.170. The van der Waals surface area contributed by atoms with Crippen LogP contribution in [0.4, 0.5) is 8.78 Å². The summed E-state index contributed by atoms with van der Waals surface area (Å²) in [5.74, 6) is -1.74. The first-order valence-corrected chi connectivity index (χ1v) is 3.36. The molecule has 50 valence electrons. The Morgan fingerprint density at radius 1 is 1.62 bits per heavy atom. The van der Waals surface area contributed by atoms with Gasteiger partial charge in [0.25, 0.3) is 5.76 Å². The van der Waals surface area contributed by atoms with Gasteiger partial charge in [-0.15, -0.1) is 0 Å². The van der Waals surface area contributed by atoms with E-state index in [-0.39, 0.29) is 0 Å². The maximum absolute atomic E-state index is 11.3. The predicted molar refractivity (Wildman–Crippen MR) is 32.4 cm³/mol. The first kappa shape index (κ1) is 8.17. The summed E-state index contributed by atoms with van der Waals surface area (Å²) in [5, 5.41) is 2.77. The number of rotatable bonds is 4. The Balaban J connectivity index is 2.72. The summed E-state index contributed by atoms with van der Waals surface area (Å²) in [6.07, 6.45) is 0. The van der Waals surface area contributed by atoms with Gasteiger partial charge >= 0.3 is 0 Å². The van der Waals surface area contributed by atoms with Crippen LogP contribution >= 0.6 is 11.8 Å². The van der Waals surface area contributed by atoms with Crippen LogP contribution in [0.2, 0.25) is 0 Å². The molecule has 0 aromatic heterocycles. The minimum Gasteiger partial charge on any atom is -0.319 e. The van der Waals surface area contributed by atoms with Crippen molar-refractivity contribution in [3.63, 3.8) is 0 Å². The van der Waals surface area contributed by atoms with Gasteiger partial charge in [-0.05, 0) is 7.05 Å². The molecule has 0 aromatic rings. The lowest BCUT2D eigenvalue weighted by molar-refractivity contribution is 0.252. The fourth-order valence-corrected chi connectivity index (χ4v) is 0.750. The van der Waals surface area contributed by atoms with E-state index in [9.17, 15) is 8.78 Å². The van der Waals surface area contributed by atoms with Gasteiger partial charge in [0.1, 0.15) is 0 Å². The van der Waals surface area contributed by atoms with E-state index < -0.39 is 5.76 Å². The van der Waals surface area contributed by atoms with Gasteiger partial charge in [0.2, 0.25) is 0 Å². The van der Waals surface area contributed by atoms with E-state index in [4.69, 9.17) is 0 Å². The molecule has 4 heteroatoms. The highest BCUT2D eigenvalue weighted by Gasteiger charge is 1.98. The molecule has 0 saturated carbocycles. The molecule has 1 nitrogen and oxygen atoms in total. The maximum atomic E-state index is 11.3. The molecule has 0 saturated heterocycles. The van der Waals surface area contributed by atoms with Crippen LogP contribution in [-0.2, 0) is 0 Å². The van der Waals surface area contributed by atoms with Crippen LogP contribution in [0.3, 0.4) is 0 Å². The molecule has 0 aliphatic carbocycles. The van der Waals surface area contributed by atoms with Gasteiger partial charge in [-0.2, -0.15) is 8.78 Å². The Morgan fingerprint density at radius 2 is 2.25 bits per heavy atom. The first-order chi connectivity index (χ1) is 3.77. The zero-order valence-corrected chi connectivity index (χ0v) is 5.47. The maximum Gasteiger partial charge on any atom is 0.284 e. The fourth-order valence-electron chi connectivity index (χ4n) is 0.250. The van der Waals surface area contributed by atoms with Crippen molar-refractivity contribution in [2.75, 3.05) is 19.3 Å². The monoisotopic (exact) mass is 141 g/mol. The summed E-state index contributed by atoms with van der Waals surface area (Å²) in [6.45, 7) is 0.648. The number of hydrogen-bond acceptors (Lipinski definition) is 2. The Bertz CT molecular complexity index is 51.3. The molecule has 0 radical (unpaired) electrons. The summed E-state index contributed by atoms with van der Waals surface area (Å²) >= 11 is 0.660. The average molecular weight is 141 g/mol. The molecular formula is C4H9F2NS. The Morgan fingerprint density at radius 3 is 2.62 bits per heavy atom. The molecule has 0 aromatic carbocycles. The standard InChI is InChI=1S/C4H9F2NS/c1-7-2-3-8-4(5)6/h4,7H,2-3H2,1H3. The van der Waals surface area contributed by atoms with Gasteiger partial charge in [-0.25, -0.2) is 0 Å². The van der Waals surface area contributed by atoms with Gasteiger partial charge in [0.05, 0.1) is 0 Å². The van der Waals surface area contributed by atoms with E-state index in [1.54, 1.807) is 7.05 Å². The average Bonchev–Trinajstić information content (AvgIpc) is 1.66. The van der Waals surface area contributed by atoms with Crippen LogP contribution < -0.4 is 5.32 Å². The third-order valence-electron chi connectivity index (χ3n) is 0.596. The summed E-state index contributed by atoms with van der Waals surface area (Å²) < 4.78 is 22.6. The number of hydrogen-bond donors (Lipinski definition) is 1. The molecule has 0 amide bonds.